The van der Waals surface area contributed by atoms with E-state index in [9.17, 15) is 0 Å². The SMILES string of the molecule is CC(C)(C)C1COC(C2CC2)CN1C(C)(C)C. The summed E-state index contributed by atoms with van der Waals surface area (Å²) in [5, 5.41) is 0. The van der Waals surface area contributed by atoms with Gasteiger partial charge in [-0.2, -0.15) is 0 Å². The Hall–Kier alpha value is -0.0800. The van der Waals surface area contributed by atoms with E-state index in [0.717, 1.165) is 19.1 Å². The average molecular weight is 239 g/mol. The molecule has 1 aliphatic carbocycles. The first kappa shape index (κ1) is 13.4. The highest BCUT2D eigenvalue weighted by Gasteiger charge is 2.44. The fourth-order valence-electron chi connectivity index (χ4n) is 2.89. The first-order valence-electron chi connectivity index (χ1n) is 7.08. The number of hydrogen-bond acceptors (Lipinski definition) is 2. The highest BCUT2D eigenvalue weighted by molar-refractivity contribution is 4.97. The summed E-state index contributed by atoms with van der Waals surface area (Å²) in [5.74, 6) is 0.848. The molecule has 0 bridgehead atoms. The van der Waals surface area contributed by atoms with Crippen molar-refractivity contribution in [2.24, 2.45) is 11.3 Å². The summed E-state index contributed by atoms with van der Waals surface area (Å²) in [6.45, 7) is 16.0. The van der Waals surface area contributed by atoms with Gasteiger partial charge in [-0.1, -0.05) is 20.8 Å². The lowest BCUT2D eigenvalue weighted by atomic mass is 9.82. The minimum absolute atomic E-state index is 0.245. The lowest BCUT2D eigenvalue weighted by Crippen LogP contribution is -2.61. The molecule has 1 saturated carbocycles. The van der Waals surface area contributed by atoms with Crippen molar-refractivity contribution in [2.45, 2.75) is 72.1 Å². The maximum absolute atomic E-state index is 6.12. The van der Waals surface area contributed by atoms with E-state index in [1.165, 1.54) is 12.8 Å². The van der Waals surface area contributed by atoms with Gasteiger partial charge < -0.3 is 4.74 Å². The predicted molar refractivity (Wildman–Crippen MR) is 72.2 cm³/mol. The molecule has 2 unspecified atom stereocenters. The second-order valence-electron chi connectivity index (χ2n) is 7.91. The molecule has 2 fully saturated rings. The van der Waals surface area contributed by atoms with Crippen molar-refractivity contribution in [3.05, 3.63) is 0 Å². The molecular formula is C15H29NO. The van der Waals surface area contributed by atoms with Gasteiger partial charge in [0.2, 0.25) is 0 Å². The van der Waals surface area contributed by atoms with Gasteiger partial charge in [0, 0.05) is 18.1 Å². The topological polar surface area (TPSA) is 12.5 Å². The van der Waals surface area contributed by atoms with Crippen LogP contribution in [0.2, 0.25) is 0 Å². The highest BCUT2D eigenvalue weighted by atomic mass is 16.5. The van der Waals surface area contributed by atoms with E-state index < -0.39 is 0 Å². The molecule has 0 spiro atoms. The molecule has 2 atom stereocenters. The molecule has 0 radical (unpaired) electrons. The number of ether oxygens (including phenoxy) is 1. The Balaban J connectivity index is 2.12. The summed E-state index contributed by atoms with van der Waals surface area (Å²) >= 11 is 0. The van der Waals surface area contributed by atoms with Gasteiger partial charge in [0.1, 0.15) is 0 Å². The molecule has 0 aromatic rings. The molecule has 0 aromatic heterocycles. The van der Waals surface area contributed by atoms with Crippen LogP contribution in [-0.2, 0) is 4.74 Å². The van der Waals surface area contributed by atoms with Crippen LogP contribution in [0.4, 0.5) is 0 Å². The van der Waals surface area contributed by atoms with Crippen molar-refractivity contribution >= 4 is 0 Å². The third-order valence-electron chi connectivity index (χ3n) is 4.23. The molecule has 0 N–H and O–H groups in total. The number of rotatable bonds is 1. The standard InChI is InChI=1S/C15H29NO/c1-14(2,3)13-10-17-12(11-7-8-11)9-16(13)15(4,5)6/h11-13H,7-10H2,1-6H3. The molecule has 100 valence electrons. The van der Waals surface area contributed by atoms with Crippen LogP contribution >= 0.6 is 0 Å². The van der Waals surface area contributed by atoms with Crippen LogP contribution in [0, 0.1) is 11.3 Å². The lowest BCUT2D eigenvalue weighted by Gasteiger charge is -2.51. The Morgan fingerprint density at radius 2 is 1.59 bits per heavy atom. The molecule has 1 heterocycles. The Morgan fingerprint density at radius 3 is 2.00 bits per heavy atom. The Labute approximate surface area is 107 Å². The second-order valence-corrected chi connectivity index (χ2v) is 7.91. The molecule has 2 heteroatoms. The van der Waals surface area contributed by atoms with Crippen molar-refractivity contribution in [2.75, 3.05) is 13.2 Å². The van der Waals surface area contributed by atoms with E-state index >= 15 is 0 Å². The van der Waals surface area contributed by atoms with Gasteiger partial charge in [-0.3, -0.25) is 4.90 Å². The average Bonchev–Trinajstić information content (AvgIpc) is 2.97. The fourth-order valence-corrected chi connectivity index (χ4v) is 2.89. The summed E-state index contributed by atoms with van der Waals surface area (Å²) in [6, 6.07) is 0.539. The van der Waals surface area contributed by atoms with Gasteiger partial charge in [-0.25, -0.2) is 0 Å². The zero-order valence-electron chi connectivity index (χ0n) is 12.4. The van der Waals surface area contributed by atoms with Gasteiger partial charge in [-0.05, 0) is 44.9 Å². The molecule has 1 saturated heterocycles. The van der Waals surface area contributed by atoms with Crippen LogP contribution in [0.1, 0.15) is 54.4 Å². The van der Waals surface area contributed by atoms with Crippen LogP contribution in [-0.4, -0.2) is 35.7 Å². The molecule has 2 nitrogen and oxygen atoms in total. The summed E-state index contributed by atoms with van der Waals surface area (Å²) in [4.78, 5) is 2.68. The van der Waals surface area contributed by atoms with Gasteiger partial charge in [0.25, 0.3) is 0 Å². The lowest BCUT2D eigenvalue weighted by molar-refractivity contribution is -0.129. The molecule has 2 aliphatic rings. The minimum atomic E-state index is 0.245. The number of hydrogen-bond donors (Lipinski definition) is 0. The van der Waals surface area contributed by atoms with Crippen LogP contribution in [0.15, 0.2) is 0 Å². The molecule has 2 rings (SSSR count). The van der Waals surface area contributed by atoms with E-state index in [-0.39, 0.29) is 5.54 Å². The molecule has 1 aliphatic heterocycles. The normalized spacial score (nSPS) is 32.8. The third kappa shape index (κ3) is 3.03. The second kappa shape index (κ2) is 4.24. The van der Waals surface area contributed by atoms with E-state index in [2.05, 4.69) is 46.4 Å². The Morgan fingerprint density at radius 1 is 1.00 bits per heavy atom. The summed E-state index contributed by atoms with van der Waals surface area (Å²) in [7, 11) is 0. The van der Waals surface area contributed by atoms with E-state index in [1.54, 1.807) is 0 Å². The van der Waals surface area contributed by atoms with E-state index in [0.29, 0.717) is 17.6 Å². The van der Waals surface area contributed by atoms with E-state index in [1.807, 2.05) is 0 Å². The first-order chi connectivity index (χ1) is 7.69. The largest absolute Gasteiger partial charge is 0.375 e. The Kier molecular flexibility index (Phi) is 3.33. The monoisotopic (exact) mass is 239 g/mol. The van der Waals surface area contributed by atoms with Crippen molar-refractivity contribution < 1.29 is 4.74 Å². The smallest absolute Gasteiger partial charge is 0.0731 e. The molecule has 0 aromatic carbocycles. The van der Waals surface area contributed by atoms with Crippen LogP contribution in [0.5, 0.6) is 0 Å². The van der Waals surface area contributed by atoms with Crippen LogP contribution in [0.25, 0.3) is 0 Å². The molecule has 0 amide bonds. The van der Waals surface area contributed by atoms with Crippen LogP contribution in [0.3, 0.4) is 0 Å². The van der Waals surface area contributed by atoms with Gasteiger partial charge >= 0.3 is 0 Å². The maximum Gasteiger partial charge on any atom is 0.0731 e. The summed E-state index contributed by atoms with van der Waals surface area (Å²) < 4.78 is 6.12. The molecule has 17 heavy (non-hydrogen) atoms. The highest BCUT2D eigenvalue weighted by Crippen LogP contribution is 2.40. The van der Waals surface area contributed by atoms with Crippen molar-refractivity contribution in [3.8, 4) is 0 Å². The fraction of sp³-hybridized carbons (Fsp3) is 1.00. The van der Waals surface area contributed by atoms with Gasteiger partial charge in [0.05, 0.1) is 12.7 Å². The first-order valence-corrected chi connectivity index (χ1v) is 7.08. The van der Waals surface area contributed by atoms with Crippen LogP contribution < -0.4 is 0 Å². The Bertz CT molecular complexity index is 270. The number of morpholine rings is 1. The zero-order valence-corrected chi connectivity index (χ0v) is 12.4. The quantitative estimate of drug-likeness (QED) is 0.696. The van der Waals surface area contributed by atoms with Gasteiger partial charge in [-0.15, -0.1) is 0 Å². The van der Waals surface area contributed by atoms with Crippen molar-refractivity contribution in [3.63, 3.8) is 0 Å². The maximum atomic E-state index is 6.12. The van der Waals surface area contributed by atoms with Crippen molar-refractivity contribution in [1.82, 2.24) is 4.90 Å². The summed E-state index contributed by atoms with van der Waals surface area (Å²) in [6.07, 6.45) is 3.25. The van der Waals surface area contributed by atoms with Crippen molar-refractivity contribution in [1.29, 1.82) is 0 Å². The van der Waals surface area contributed by atoms with Gasteiger partial charge in [0.15, 0.2) is 0 Å². The minimum Gasteiger partial charge on any atom is -0.375 e. The molecular weight excluding hydrogens is 210 g/mol. The summed E-state index contributed by atoms with van der Waals surface area (Å²) in [5.41, 5.74) is 0.538. The zero-order chi connectivity index (χ0) is 12.8. The van der Waals surface area contributed by atoms with E-state index in [4.69, 9.17) is 4.74 Å². The number of nitrogens with zero attached hydrogens (tertiary/aromatic N) is 1. The predicted octanol–water partition coefficient (Wildman–Crippen LogP) is 3.31. The third-order valence-corrected chi connectivity index (χ3v) is 4.23.